The lowest BCUT2D eigenvalue weighted by Crippen LogP contribution is -2.14. The predicted octanol–water partition coefficient (Wildman–Crippen LogP) is 2.21. The molecule has 0 radical (unpaired) electrons. The van der Waals surface area contributed by atoms with Crippen LogP contribution < -0.4 is 5.56 Å². The van der Waals surface area contributed by atoms with Crippen molar-refractivity contribution in [1.29, 1.82) is 0 Å². The Hall–Kier alpha value is -2.35. The van der Waals surface area contributed by atoms with E-state index in [0.717, 1.165) is 41.6 Å². The Kier molecular flexibility index (Phi) is 5.31. The van der Waals surface area contributed by atoms with E-state index >= 15 is 0 Å². The third kappa shape index (κ3) is 4.07. The van der Waals surface area contributed by atoms with Gasteiger partial charge in [0.25, 0.3) is 5.56 Å². The summed E-state index contributed by atoms with van der Waals surface area (Å²) in [6.45, 7) is 3.99. The van der Waals surface area contributed by atoms with Gasteiger partial charge in [0.15, 0.2) is 10.9 Å². The van der Waals surface area contributed by atoms with Gasteiger partial charge < -0.3 is 14.3 Å². The highest BCUT2D eigenvalue weighted by atomic mass is 32.2. The number of ketones is 1. The first kappa shape index (κ1) is 18.4. The maximum atomic E-state index is 12.6. The topological polar surface area (TPSA) is 94.0 Å². The van der Waals surface area contributed by atoms with Crippen molar-refractivity contribution in [3.8, 4) is 0 Å². The molecule has 1 aliphatic carbocycles. The summed E-state index contributed by atoms with van der Waals surface area (Å²) in [4.78, 5) is 42.5. The van der Waals surface area contributed by atoms with Crippen molar-refractivity contribution in [1.82, 2.24) is 14.5 Å². The lowest BCUT2D eigenvalue weighted by Gasteiger charge is -2.07. The zero-order valence-corrected chi connectivity index (χ0v) is 15.8. The van der Waals surface area contributed by atoms with Gasteiger partial charge in [0.05, 0.1) is 25.0 Å². The van der Waals surface area contributed by atoms with E-state index in [9.17, 15) is 14.4 Å². The molecule has 0 amide bonds. The Morgan fingerprint density at radius 1 is 1.35 bits per heavy atom. The lowest BCUT2D eigenvalue weighted by molar-refractivity contribution is -0.139. The van der Waals surface area contributed by atoms with Crippen molar-refractivity contribution in [3.63, 3.8) is 0 Å². The third-order valence-corrected chi connectivity index (χ3v) is 5.24. The van der Waals surface area contributed by atoms with E-state index in [2.05, 4.69) is 19.3 Å². The molecule has 0 atom stereocenters. The minimum absolute atomic E-state index is 0.00369. The van der Waals surface area contributed by atoms with Crippen molar-refractivity contribution in [2.24, 2.45) is 0 Å². The zero-order chi connectivity index (χ0) is 18.8. The number of H-pyrrole nitrogens is 1. The van der Waals surface area contributed by atoms with Crippen LogP contribution in [0.15, 0.2) is 22.1 Å². The highest BCUT2D eigenvalue weighted by Gasteiger charge is 2.28. The predicted molar refractivity (Wildman–Crippen MR) is 97.8 cm³/mol. The van der Waals surface area contributed by atoms with Crippen LogP contribution in [-0.4, -0.2) is 39.2 Å². The van der Waals surface area contributed by atoms with Gasteiger partial charge in [-0.25, -0.2) is 4.98 Å². The van der Waals surface area contributed by atoms with Crippen LogP contribution in [0.25, 0.3) is 0 Å². The summed E-state index contributed by atoms with van der Waals surface area (Å²) in [5.41, 5.74) is 2.78. The quantitative estimate of drug-likeness (QED) is 0.345. The number of thioether (sulfide) groups is 1. The number of ether oxygens (including phenoxy) is 1. The number of carbonyl (C=O) groups is 2. The number of aromatic amines is 1. The summed E-state index contributed by atoms with van der Waals surface area (Å²) in [6, 6.07) is 3.71. The van der Waals surface area contributed by atoms with E-state index in [-0.39, 0.29) is 23.5 Å². The van der Waals surface area contributed by atoms with Crippen LogP contribution in [0.1, 0.15) is 46.3 Å². The number of aromatic nitrogens is 3. The number of methoxy groups -OCH3 is 1. The smallest absolute Gasteiger partial charge is 0.311 e. The molecule has 7 nitrogen and oxygen atoms in total. The number of aryl methyl sites for hydroxylation is 1. The molecule has 1 saturated carbocycles. The van der Waals surface area contributed by atoms with E-state index < -0.39 is 5.97 Å². The summed E-state index contributed by atoms with van der Waals surface area (Å²) in [5.74, 6) is -0.307. The second-order valence-electron chi connectivity index (χ2n) is 6.39. The van der Waals surface area contributed by atoms with Crippen LogP contribution in [-0.2, 0) is 16.0 Å². The number of rotatable bonds is 7. The van der Waals surface area contributed by atoms with Gasteiger partial charge in [0.2, 0.25) is 0 Å². The van der Waals surface area contributed by atoms with Crippen LogP contribution >= 0.6 is 11.8 Å². The second kappa shape index (κ2) is 7.49. The summed E-state index contributed by atoms with van der Waals surface area (Å²) in [5, 5.41) is 0.320. The van der Waals surface area contributed by atoms with Crippen LogP contribution in [0.4, 0.5) is 0 Å². The monoisotopic (exact) mass is 375 g/mol. The maximum absolute atomic E-state index is 12.6. The molecule has 0 unspecified atom stereocenters. The van der Waals surface area contributed by atoms with Crippen molar-refractivity contribution in [2.75, 3.05) is 12.9 Å². The van der Waals surface area contributed by atoms with Crippen LogP contribution in [0.3, 0.4) is 0 Å². The van der Waals surface area contributed by atoms with Crippen LogP contribution in [0, 0.1) is 13.8 Å². The minimum Gasteiger partial charge on any atom is -0.469 e. The van der Waals surface area contributed by atoms with Gasteiger partial charge in [-0.2, -0.15) is 0 Å². The standard InChI is InChI=1S/C18H21N3O4S/c1-10-6-14(11(2)21(10)13-4-5-13)15(22)9-26-18-19-12(7-16(23)20-18)8-17(24)25-3/h6-7,13H,4-5,8-9H2,1-3H3,(H,19,20,23). The molecule has 1 fully saturated rings. The van der Waals surface area contributed by atoms with Crippen LogP contribution in [0.5, 0.6) is 0 Å². The van der Waals surface area contributed by atoms with Gasteiger partial charge in [-0.1, -0.05) is 11.8 Å². The number of hydrogen-bond acceptors (Lipinski definition) is 6. The normalized spacial score (nSPS) is 13.7. The van der Waals surface area contributed by atoms with E-state index in [1.807, 2.05) is 19.9 Å². The van der Waals surface area contributed by atoms with E-state index in [0.29, 0.717) is 16.9 Å². The van der Waals surface area contributed by atoms with Gasteiger partial charge in [-0.3, -0.25) is 14.4 Å². The van der Waals surface area contributed by atoms with E-state index in [1.54, 1.807) is 0 Å². The molecule has 0 bridgehead atoms. The lowest BCUT2D eigenvalue weighted by atomic mass is 10.2. The Morgan fingerprint density at radius 2 is 2.08 bits per heavy atom. The molecule has 0 spiro atoms. The average Bonchev–Trinajstić information content (AvgIpc) is 3.37. The molecule has 2 aromatic rings. The van der Waals surface area contributed by atoms with Crippen molar-refractivity contribution in [3.05, 3.63) is 45.1 Å². The molecule has 1 N–H and O–H groups in total. The molecule has 0 aliphatic heterocycles. The SMILES string of the molecule is COC(=O)Cc1cc(=O)[nH]c(SCC(=O)c2cc(C)n(C3CC3)c2C)n1. The molecule has 8 heteroatoms. The zero-order valence-electron chi connectivity index (χ0n) is 15.0. The van der Waals surface area contributed by atoms with Crippen LogP contribution in [0.2, 0.25) is 0 Å². The Balaban J connectivity index is 1.71. The first-order valence-electron chi connectivity index (χ1n) is 8.40. The van der Waals surface area contributed by atoms with Gasteiger partial charge in [0, 0.05) is 29.1 Å². The highest BCUT2D eigenvalue weighted by molar-refractivity contribution is 7.99. The molecule has 0 aromatic carbocycles. The highest BCUT2D eigenvalue weighted by Crippen LogP contribution is 2.38. The summed E-state index contributed by atoms with van der Waals surface area (Å²) < 4.78 is 6.82. The molecule has 1 aliphatic rings. The molecule has 2 heterocycles. The van der Waals surface area contributed by atoms with Crippen molar-refractivity contribution in [2.45, 2.75) is 44.3 Å². The Morgan fingerprint density at radius 3 is 2.73 bits per heavy atom. The average molecular weight is 375 g/mol. The summed E-state index contributed by atoms with van der Waals surface area (Å²) >= 11 is 1.16. The van der Waals surface area contributed by atoms with E-state index in [1.165, 1.54) is 13.2 Å². The van der Waals surface area contributed by atoms with Gasteiger partial charge in [0.1, 0.15) is 0 Å². The van der Waals surface area contributed by atoms with Gasteiger partial charge in [-0.15, -0.1) is 0 Å². The number of nitrogens with one attached hydrogen (secondary N) is 1. The molecule has 0 saturated heterocycles. The summed E-state index contributed by atoms with van der Waals surface area (Å²) in [7, 11) is 1.28. The third-order valence-electron chi connectivity index (χ3n) is 4.36. The van der Waals surface area contributed by atoms with Crippen molar-refractivity contribution >= 4 is 23.5 Å². The fraction of sp³-hybridized carbons (Fsp3) is 0.444. The molecule has 26 heavy (non-hydrogen) atoms. The number of nitrogens with zero attached hydrogens (tertiary/aromatic N) is 2. The molecular weight excluding hydrogens is 354 g/mol. The minimum atomic E-state index is -0.470. The van der Waals surface area contributed by atoms with Gasteiger partial charge >= 0.3 is 5.97 Å². The number of esters is 1. The molecular formula is C18H21N3O4S. The Bertz CT molecular complexity index is 912. The second-order valence-corrected chi connectivity index (χ2v) is 7.36. The number of Topliss-reactive ketones (excluding diaryl/α,β-unsaturated/α-hetero) is 1. The van der Waals surface area contributed by atoms with Gasteiger partial charge in [-0.05, 0) is 32.8 Å². The Labute approximate surface area is 155 Å². The maximum Gasteiger partial charge on any atom is 0.311 e. The fourth-order valence-electron chi connectivity index (χ4n) is 3.03. The number of hydrogen-bond donors (Lipinski definition) is 1. The molecule has 2 aromatic heterocycles. The fourth-order valence-corrected chi connectivity index (χ4v) is 3.81. The largest absolute Gasteiger partial charge is 0.469 e. The number of carbonyl (C=O) groups excluding carboxylic acids is 2. The first-order chi connectivity index (χ1) is 12.4. The van der Waals surface area contributed by atoms with Crippen molar-refractivity contribution < 1.29 is 14.3 Å². The summed E-state index contributed by atoms with van der Waals surface area (Å²) in [6.07, 6.45) is 2.25. The molecule has 3 rings (SSSR count). The van der Waals surface area contributed by atoms with E-state index in [4.69, 9.17) is 0 Å². The molecule has 138 valence electrons. The first-order valence-corrected chi connectivity index (χ1v) is 9.39.